The maximum absolute atomic E-state index is 13.2. The molecule has 0 aliphatic carbocycles. The maximum Gasteiger partial charge on any atom is 0.340 e. The van der Waals surface area contributed by atoms with Crippen LogP contribution in [0.3, 0.4) is 0 Å². The number of aromatic nitrogens is 1. The van der Waals surface area contributed by atoms with Crippen LogP contribution in [0.1, 0.15) is 24.5 Å². The molecule has 1 aromatic heterocycles. The van der Waals surface area contributed by atoms with Crippen molar-refractivity contribution in [3.63, 3.8) is 0 Å². The zero-order chi connectivity index (χ0) is 22.1. The van der Waals surface area contributed by atoms with Crippen LogP contribution in [0.15, 0.2) is 46.7 Å². The molecule has 0 spiro atoms. The molecule has 0 amide bonds. The van der Waals surface area contributed by atoms with Gasteiger partial charge in [0.15, 0.2) is 11.5 Å². The minimum Gasteiger partial charge on any atom is -0.462 e. The predicted molar refractivity (Wildman–Crippen MR) is 131 cm³/mol. The maximum atomic E-state index is 13.2. The minimum absolute atomic E-state index is 0.224. The topological polar surface area (TPSA) is 57.7 Å². The smallest absolute Gasteiger partial charge is 0.340 e. The first-order chi connectivity index (χ1) is 15.6. The van der Waals surface area contributed by atoms with Crippen molar-refractivity contribution < 1.29 is 19.0 Å². The summed E-state index contributed by atoms with van der Waals surface area (Å²) in [7, 11) is 0. The number of rotatable bonds is 4. The van der Waals surface area contributed by atoms with E-state index in [9.17, 15) is 4.79 Å². The van der Waals surface area contributed by atoms with Gasteiger partial charge in [-0.05, 0) is 68.2 Å². The molecule has 2 aliphatic rings. The molecule has 5 nitrogen and oxygen atoms in total. The van der Waals surface area contributed by atoms with Crippen LogP contribution in [-0.4, -0.2) is 35.9 Å². The van der Waals surface area contributed by atoms with Crippen LogP contribution in [0, 0.1) is 6.92 Å². The Morgan fingerprint density at radius 2 is 1.88 bits per heavy atom. The first kappa shape index (κ1) is 21.2. The van der Waals surface area contributed by atoms with Crippen LogP contribution in [0.25, 0.3) is 27.7 Å². The fourth-order valence-corrected chi connectivity index (χ4v) is 6.47. The van der Waals surface area contributed by atoms with Gasteiger partial charge in [0.05, 0.1) is 27.6 Å². The van der Waals surface area contributed by atoms with Crippen LogP contribution in [0.5, 0.6) is 11.5 Å². The standard InChI is InChI=1S/C25H23NO4S2/c1-3-28-24(27)23(25-31-9-4-10-32-25)18-13-20(26-19-7-5-15(2)11-17(18)19)16-6-8-21-22(12-16)30-14-29-21/h5-8,11-13H,3-4,9-10,14H2,1-2H3. The lowest BCUT2D eigenvalue weighted by Gasteiger charge is -2.19. The Kier molecular flexibility index (Phi) is 6.02. The van der Waals surface area contributed by atoms with E-state index >= 15 is 0 Å². The zero-order valence-electron chi connectivity index (χ0n) is 18.0. The summed E-state index contributed by atoms with van der Waals surface area (Å²) in [5.41, 5.74) is 5.16. The second kappa shape index (κ2) is 9.08. The molecular formula is C25H23NO4S2. The van der Waals surface area contributed by atoms with Gasteiger partial charge in [0.25, 0.3) is 0 Å². The SMILES string of the molecule is CCOC(=O)C(=C1SCCCS1)c1cc(-c2ccc3c(c2)OCO3)nc2ccc(C)cc12. The Bertz CT molecular complexity index is 1230. The van der Waals surface area contributed by atoms with Crippen molar-refractivity contribution in [1.29, 1.82) is 0 Å². The summed E-state index contributed by atoms with van der Waals surface area (Å²) in [6, 6.07) is 14.0. The number of thioether (sulfide) groups is 2. The summed E-state index contributed by atoms with van der Waals surface area (Å²) >= 11 is 3.47. The van der Waals surface area contributed by atoms with Crippen LogP contribution in [0.2, 0.25) is 0 Å². The van der Waals surface area contributed by atoms with Gasteiger partial charge < -0.3 is 14.2 Å². The number of nitrogens with zero attached hydrogens (tertiary/aromatic N) is 1. The highest BCUT2D eigenvalue weighted by Crippen LogP contribution is 2.43. The van der Waals surface area contributed by atoms with Crippen LogP contribution in [-0.2, 0) is 9.53 Å². The number of benzene rings is 2. The van der Waals surface area contributed by atoms with E-state index in [2.05, 4.69) is 13.0 Å². The number of carbonyl (C=O) groups excluding carboxylic acids is 1. The summed E-state index contributed by atoms with van der Waals surface area (Å²) in [5.74, 6) is 3.16. The Labute approximate surface area is 195 Å². The van der Waals surface area contributed by atoms with Crippen molar-refractivity contribution >= 4 is 46.0 Å². The summed E-state index contributed by atoms with van der Waals surface area (Å²) < 4.78 is 17.6. The zero-order valence-corrected chi connectivity index (χ0v) is 19.6. The third kappa shape index (κ3) is 4.07. The van der Waals surface area contributed by atoms with Gasteiger partial charge in [-0.2, -0.15) is 0 Å². The van der Waals surface area contributed by atoms with Crippen LogP contribution < -0.4 is 9.47 Å². The fraction of sp³-hybridized carbons (Fsp3) is 0.280. The van der Waals surface area contributed by atoms with Gasteiger partial charge in [0.1, 0.15) is 0 Å². The second-order valence-corrected chi connectivity index (χ2v) is 10.0. The molecule has 1 fully saturated rings. The highest BCUT2D eigenvalue weighted by atomic mass is 32.2. The Morgan fingerprint density at radius 1 is 1.06 bits per heavy atom. The van der Waals surface area contributed by atoms with Crippen LogP contribution >= 0.6 is 23.5 Å². The molecule has 2 aliphatic heterocycles. The molecule has 0 atom stereocenters. The monoisotopic (exact) mass is 465 g/mol. The van der Waals surface area contributed by atoms with Gasteiger partial charge in [-0.15, -0.1) is 23.5 Å². The number of esters is 1. The first-order valence-corrected chi connectivity index (χ1v) is 12.6. The molecule has 2 aromatic carbocycles. The third-order valence-corrected chi connectivity index (χ3v) is 7.97. The first-order valence-electron chi connectivity index (χ1n) is 10.6. The molecule has 32 heavy (non-hydrogen) atoms. The molecule has 3 aromatic rings. The van der Waals surface area contributed by atoms with Gasteiger partial charge >= 0.3 is 5.97 Å². The normalized spacial score (nSPS) is 15.1. The molecule has 5 rings (SSSR count). The van der Waals surface area contributed by atoms with Gasteiger partial charge in [-0.1, -0.05) is 11.6 Å². The van der Waals surface area contributed by atoms with Crippen molar-refractivity contribution in [3.05, 3.63) is 57.8 Å². The number of carbonyl (C=O) groups is 1. The van der Waals surface area contributed by atoms with E-state index in [1.54, 1.807) is 23.5 Å². The second-order valence-electron chi connectivity index (χ2n) is 7.58. The molecule has 0 bridgehead atoms. The average Bonchev–Trinajstić information content (AvgIpc) is 3.28. The summed E-state index contributed by atoms with van der Waals surface area (Å²) in [6.07, 6.45) is 1.13. The summed E-state index contributed by atoms with van der Waals surface area (Å²) in [5, 5.41) is 0.955. The van der Waals surface area contributed by atoms with E-state index in [1.165, 1.54) is 0 Å². The molecule has 1 saturated heterocycles. The number of hydrogen-bond acceptors (Lipinski definition) is 7. The summed E-state index contributed by atoms with van der Waals surface area (Å²) in [4.78, 5) is 18.1. The van der Waals surface area contributed by atoms with E-state index < -0.39 is 0 Å². The lowest BCUT2D eigenvalue weighted by Crippen LogP contribution is -2.10. The Morgan fingerprint density at radius 3 is 2.69 bits per heavy atom. The number of hydrogen-bond donors (Lipinski definition) is 0. The number of aryl methyl sites for hydroxylation is 1. The molecule has 164 valence electrons. The highest BCUT2D eigenvalue weighted by Gasteiger charge is 2.25. The van der Waals surface area contributed by atoms with E-state index in [0.29, 0.717) is 17.9 Å². The summed E-state index contributed by atoms with van der Waals surface area (Å²) in [6.45, 7) is 4.45. The molecular weight excluding hydrogens is 442 g/mol. The number of fused-ring (bicyclic) bond motifs is 2. The van der Waals surface area contributed by atoms with E-state index in [0.717, 1.165) is 61.2 Å². The van der Waals surface area contributed by atoms with Crippen molar-refractivity contribution in [2.24, 2.45) is 0 Å². The van der Waals surface area contributed by atoms with E-state index in [-0.39, 0.29) is 12.8 Å². The van der Waals surface area contributed by atoms with E-state index in [4.69, 9.17) is 19.2 Å². The molecule has 7 heteroatoms. The fourth-order valence-electron chi connectivity index (χ4n) is 3.83. The molecule has 0 radical (unpaired) electrons. The Balaban J connectivity index is 1.74. The molecule has 0 saturated carbocycles. The van der Waals surface area contributed by atoms with Crippen LogP contribution in [0.4, 0.5) is 0 Å². The predicted octanol–water partition coefficient (Wildman–Crippen LogP) is 6.04. The molecule has 0 N–H and O–H groups in total. The third-order valence-electron chi connectivity index (χ3n) is 5.34. The van der Waals surface area contributed by atoms with Crippen molar-refractivity contribution in [3.8, 4) is 22.8 Å². The minimum atomic E-state index is -0.282. The average molecular weight is 466 g/mol. The lowest BCUT2D eigenvalue weighted by molar-refractivity contribution is -0.136. The van der Waals surface area contributed by atoms with Gasteiger partial charge in [0, 0.05) is 16.5 Å². The Hall–Kier alpha value is -2.64. The van der Waals surface area contributed by atoms with Crippen molar-refractivity contribution in [1.82, 2.24) is 4.98 Å². The van der Waals surface area contributed by atoms with E-state index in [1.807, 2.05) is 43.3 Å². The largest absolute Gasteiger partial charge is 0.462 e. The van der Waals surface area contributed by atoms with Crippen molar-refractivity contribution in [2.45, 2.75) is 20.3 Å². The van der Waals surface area contributed by atoms with Gasteiger partial charge in [-0.3, -0.25) is 0 Å². The van der Waals surface area contributed by atoms with Gasteiger partial charge in [-0.25, -0.2) is 9.78 Å². The van der Waals surface area contributed by atoms with Gasteiger partial charge in [0.2, 0.25) is 6.79 Å². The quantitative estimate of drug-likeness (QED) is 0.344. The lowest BCUT2D eigenvalue weighted by atomic mass is 9.97. The molecule has 0 unspecified atom stereocenters. The molecule has 3 heterocycles. The van der Waals surface area contributed by atoms with Crippen molar-refractivity contribution in [2.75, 3.05) is 24.9 Å². The highest BCUT2D eigenvalue weighted by molar-refractivity contribution is 8.23. The number of ether oxygens (including phenoxy) is 3. The number of pyridine rings is 1.